The molecular weight excluding hydrogens is 320 g/mol. The molecule has 0 fully saturated rings. The fourth-order valence-corrected chi connectivity index (χ4v) is 4.74. The molecule has 0 amide bonds. The van der Waals surface area contributed by atoms with E-state index in [9.17, 15) is 0 Å². The molecule has 1 nitrogen and oxygen atoms in total. The molecule has 3 rings (SSSR count). The van der Waals surface area contributed by atoms with Crippen molar-refractivity contribution in [1.82, 2.24) is 0 Å². The van der Waals surface area contributed by atoms with Crippen LogP contribution in [0.2, 0.25) is 0 Å². The minimum absolute atomic E-state index is 0.195. The topological polar surface area (TPSA) is 13.1 Å². The van der Waals surface area contributed by atoms with Gasteiger partial charge in [-0.25, -0.2) is 0 Å². The SMILES string of the molecule is Cc1oc(C)c(C(Br)c2csc3ccccc23)c1C. The van der Waals surface area contributed by atoms with Gasteiger partial charge in [0.2, 0.25) is 0 Å². The standard InChI is InChI=1S/C16H15BrOS/c1-9-10(2)18-11(3)15(9)16(17)13-8-19-14-7-5-4-6-12(13)14/h4-8,16H,1-3H3. The van der Waals surface area contributed by atoms with Gasteiger partial charge in [0.25, 0.3) is 0 Å². The highest BCUT2D eigenvalue weighted by molar-refractivity contribution is 9.09. The summed E-state index contributed by atoms with van der Waals surface area (Å²) >= 11 is 5.65. The number of thiophene rings is 1. The Kier molecular flexibility index (Phi) is 3.27. The van der Waals surface area contributed by atoms with Crippen molar-refractivity contribution in [3.05, 3.63) is 57.9 Å². The van der Waals surface area contributed by atoms with Crippen LogP contribution in [-0.4, -0.2) is 0 Å². The minimum atomic E-state index is 0.195. The Bertz CT molecular complexity index is 738. The number of aryl methyl sites for hydroxylation is 2. The smallest absolute Gasteiger partial charge is 0.106 e. The third-order valence-electron chi connectivity index (χ3n) is 3.66. The highest BCUT2D eigenvalue weighted by Crippen LogP contribution is 2.42. The van der Waals surface area contributed by atoms with Crippen LogP contribution in [0.25, 0.3) is 10.1 Å². The average Bonchev–Trinajstić information content (AvgIpc) is 2.91. The van der Waals surface area contributed by atoms with Crippen LogP contribution < -0.4 is 0 Å². The van der Waals surface area contributed by atoms with Crippen molar-refractivity contribution in [3.63, 3.8) is 0 Å². The molecule has 3 heteroatoms. The zero-order valence-electron chi connectivity index (χ0n) is 11.2. The van der Waals surface area contributed by atoms with E-state index in [1.165, 1.54) is 26.8 Å². The molecule has 1 atom stereocenters. The van der Waals surface area contributed by atoms with Crippen LogP contribution in [0.15, 0.2) is 34.1 Å². The number of alkyl halides is 1. The van der Waals surface area contributed by atoms with Gasteiger partial charge in [-0.05, 0) is 48.7 Å². The zero-order chi connectivity index (χ0) is 13.6. The lowest BCUT2D eigenvalue weighted by atomic mass is 10.0. The second-order valence-electron chi connectivity index (χ2n) is 4.80. The Hall–Kier alpha value is -1.06. The fourth-order valence-electron chi connectivity index (χ4n) is 2.53. The number of hydrogen-bond acceptors (Lipinski definition) is 2. The summed E-state index contributed by atoms with van der Waals surface area (Å²) in [4.78, 5) is 0.195. The Morgan fingerprint density at radius 3 is 2.53 bits per heavy atom. The first-order valence-corrected chi connectivity index (χ1v) is 8.05. The van der Waals surface area contributed by atoms with E-state index in [-0.39, 0.29) is 4.83 Å². The maximum atomic E-state index is 5.75. The van der Waals surface area contributed by atoms with E-state index in [1.54, 1.807) is 11.3 Å². The van der Waals surface area contributed by atoms with Crippen molar-refractivity contribution in [2.45, 2.75) is 25.6 Å². The molecule has 0 N–H and O–H groups in total. The van der Waals surface area contributed by atoms with Crippen molar-refractivity contribution < 1.29 is 4.42 Å². The van der Waals surface area contributed by atoms with Gasteiger partial charge in [-0.2, -0.15) is 0 Å². The fraction of sp³-hybridized carbons (Fsp3) is 0.250. The molecule has 2 aromatic heterocycles. The molecule has 0 aliphatic heterocycles. The van der Waals surface area contributed by atoms with E-state index >= 15 is 0 Å². The van der Waals surface area contributed by atoms with Crippen LogP contribution in [0.1, 0.15) is 33.0 Å². The Balaban J connectivity index is 2.16. The zero-order valence-corrected chi connectivity index (χ0v) is 13.6. The van der Waals surface area contributed by atoms with Gasteiger partial charge >= 0.3 is 0 Å². The second-order valence-corrected chi connectivity index (χ2v) is 6.63. The summed E-state index contributed by atoms with van der Waals surface area (Å²) in [5.74, 6) is 2.02. The van der Waals surface area contributed by atoms with Gasteiger partial charge in [0, 0.05) is 10.3 Å². The molecule has 1 unspecified atom stereocenters. The van der Waals surface area contributed by atoms with Crippen molar-refractivity contribution >= 4 is 37.4 Å². The number of hydrogen-bond donors (Lipinski definition) is 0. The highest BCUT2D eigenvalue weighted by Gasteiger charge is 2.22. The summed E-state index contributed by atoms with van der Waals surface area (Å²) < 4.78 is 7.08. The molecule has 0 aliphatic carbocycles. The number of rotatable bonds is 2. The Morgan fingerprint density at radius 2 is 1.84 bits per heavy atom. The van der Waals surface area contributed by atoms with Gasteiger partial charge < -0.3 is 4.42 Å². The van der Waals surface area contributed by atoms with Crippen molar-refractivity contribution in [2.75, 3.05) is 0 Å². The van der Waals surface area contributed by atoms with Crippen LogP contribution in [0.5, 0.6) is 0 Å². The number of furan rings is 1. The van der Waals surface area contributed by atoms with E-state index in [2.05, 4.69) is 52.5 Å². The number of benzene rings is 1. The average molecular weight is 335 g/mol. The van der Waals surface area contributed by atoms with Gasteiger partial charge in [0.1, 0.15) is 11.5 Å². The molecule has 0 aliphatic rings. The molecule has 19 heavy (non-hydrogen) atoms. The Morgan fingerprint density at radius 1 is 1.11 bits per heavy atom. The maximum absolute atomic E-state index is 5.75. The molecule has 1 aromatic carbocycles. The van der Waals surface area contributed by atoms with Gasteiger partial charge in [-0.15, -0.1) is 11.3 Å². The minimum Gasteiger partial charge on any atom is -0.466 e. The number of fused-ring (bicyclic) bond motifs is 1. The molecular formula is C16H15BrOS. The first-order chi connectivity index (χ1) is 9.09. The summed E-state index contributed by atoms with van der Waals surface area (Å²) in [5, 5.41) is 3.57. The lowest BCUT2D eigenvalue weighted by Crippen LogP contribution is -1.94. The summed E-state index contributed by atoms with van der Waals surface area (Å²) in [7, 11) is 0. The molecule has 0 radical (unpaired) electrons. The largest absolute Gasteiger partial charge is 0.466 e. The lowest BCUT2D eigenvalue weighted by Gasteiger charge is -2.10. The molecule has 0 saturated heterocycles. The van der Waals surface area contributed by atoms with Crippen LogP contribution >= 0.6 is 27.3 Å². The van der Waals surface area contributed by atoms with E-state index in [0.29, 0.717) is 0 Å². The molecule has 2 heterocycles. The first-order valence-electron chi connectivity index (χ1n) is 6.26. The summed E-state index contributed by atoms with van der Waals surface area (Å²) in [6, 6.07) is 8.54. The third kappa shape index (κ3) is 2.05. The van der Waals surface area contributed by atoms with Crippen molar-refractivity contribution in [1.29, 1.82) is 0 Å². The highest BCUT2D eigenvalue weighted by atomic mass is 79.9. The van der Waals surface area contributed by atoms with Crippen LogP contribution in [0.3, 0.4) is 0 Å². The van der Waals surface area contributed by atoms with Gasteiger partial charge in [0.15, 0.2) is 0 Å². The second kappa shape index (κ2) is 4.80. The van der Waals surface area contributed by atoms with Crippen molar-refractivity contribution in [2.24, 2.45) is 0 Å². The first kappa shape index (κ1) is 12.9. The van der Waals surface area contributed by atoms with Crippen LogP contribution in [0.4, 0.5) is 0 Å². The molecule has 0 bridgehead atoms. The predicted octanol–water partition coefficient (Wildman–Crippen LogP) is 5.90. The molecule has 0 spiro atoms. The molecule has 98 valence electrons. The van der Waals surface area contributed by atoms with Gasteiger partial charge in [0.05, 0.1) is 4.83 Å². The van der Waals surface area contributed by atoms with Crippen LogP contribution in [0, 0.1) is 20.8 Å². The van der Waals surface area contributed by atoms with Gasteiger partial charge in [-0.3, -0.25) is 0 Å². The summed E-state index contributed by atoms with van der Waals surface area (Å²) in [6.07, 6.45) is 0. The van der Waals surface area contributed by atoms with Gasteiger partial charge in [-0.1, -0.05) is 34.1 Å². The van der Waals surface area contributed by atoms with Crippen LogP contribution in [-0.2, 0) is 0 Å². The van der Waals surface area contributed by atoms with E-state index < -0.39 is 0 Å². The summed E-state index contributed by atoms with van der Waals surface area (Å²) in [6.45, 7) is 6.19. The number of halogens is 1. The Labute approximate surface area is 125 Å². The third-order valence-corrected chi connectivity index (χ3v) is 5.59. The van der Waals surface area contributed by atoms with E-state index in [4.69, 9.17) is 4.42 Å². The summed E-state index contributed by atoms with van der Waals surface area (Å²) in [5.41, 5.74) is 3.84. The monoisotopic (exact) mass is 334 g/mol. The van der Waals surface area contributed by atoms with E-state index in [0.717, 1.165) is 11.5 Å². The van der Waals surface area contributed by atoms with E-state index in [1.807, 2.05) is 13.8 Å². The quantitative estimate of drug-likeness (QED) is 0.531. The van der Waals surface area contributed by atoms with Crippen molar-refractivity contribution in [3.8, 4) is 0 Å². The lowest BCUT2D eigenvalue weighted by molar-refractivity contribution is 0.500. The predicted molar refractivity (Wildman–Crippen MR) is 85.5 cm³/mol. The maximum Gasteiger partial charge on any atom is 0.106 e. The molecule has 3 aromatic rings. The normalized spacial score (nSPS) is 13.1. The molecule has 0 saturated carbocycles.